The average Bonchev–Trinajstić information content (AvgIpc) is 2.62. The van der Waals surface area contributed by atoms with Crippen molar-refractivity contribution in [2.75, 3.05) is 0 Å². The van der Waals surface area contributed by atoms with Crippen LogP contribution in [0.2, 0.25) is 0 Å². The van der Waals surface area contributed by atoms with Crippen molar-refractivity contribution in [2.24, 2.45) is 0 Å². The molecule has 3 aromatic carbocycles. The molecule has 23 heavy (non-hydrogen) atoms. The van der Waals surface area contributed by atoms with Gasteiger partial charge in [0.1, 0.15) is 0 Å². The maximum absolute atomic E-state index is 4.88. The van der Waals surface area contributed by atoms with Crippen LogP contribution in [0.25, 0.3) is 33.3 Å². The fourth-order valence-corrected chi connectivity index (χ4v) is 2.99. The van der Waals surface area contributed by atoms with Crippen molar-refractivity contribution in [1.29, 1.82) is 0 Å². The summed E-state index contributed by atoms with van der Waals surface area (Å²) in [5, 5.41) is 1.19. The van der Waals surface area contributed by atoms with Crippen molar-refractivity contribution in [3.05, 3.63) is 90.5 Å². The molecule has 0 aliphatic carbocycles. The Balaban J connectivity index is 1.86. The number of para-hydroxylation sites is 1. The van der Waals surface area contributed by atoms with Crippen LogP contribution in [-0.4, -0.2) is 4.98 Å². The molecule has 0 atom stereocenters. The topological polar surface area (TPSA) is 12.9 Å². The highest BCUT2D eigenvalue weighted by Crippen LogP contribution is 2.29. The molecule has 0 radical (unpaired) electrons. The summed E-state index contributed by atoms with van der Waals surface area (Å²) in [6.45, 7) is 2.13. The Morgan fingerprint density at radius 2 is 1.30 bits per heavy atom. The van der Waals surface area contributed by atoms with Gasteiger partial charge in [0, 0.05) is 10.9 Å². The van der Waals surface area contributed by atoms with Gasteiger partial charge < -0.3 is 0 Å². The van der Waals surface area contributed by atoms with E-state index in [0.29, 0.717) is 0 Å². The number of aryl methyl sites for hydroxylation is 1. The molecule has 0 spiro atoms. The Morgan fingerprint density at radius 3 is 2.17 bits per heavy atom. The number of hydrogen-bond donors (Lipinski definition) is 0. The van der Waals surface area contributed by atoms with Gasteiger partial charge in [-0.15, -0.1) is 0 Å². The van der Waals surface area contributed by atoms with Crippen LogP contribution >= 0.6 is 0 Å². The molecular formula is C22H17N. The van der Waals surface area contributed by atoms with E-state index in [4.69, 9.17) is 4.98 Å². The molecule has 1 aromatic heterocycles. The molecule has 110 valence electrons. The second-order valence-electron chi connectivity index (χ2n) is 5.79. The zero-order valence-corrected chi connectivity index (χ0v) is 13.0. The molecule has 0 saturated carbocycles. The van der Waals surface area contributed by atoms with E-state index in [2.05, 4.69) is 79.7 Å². The van der Waals surface area contributed by atoms with Crippen LogP contribution in [0.3, 0.4) is 0 Å². The molecule has 4 aromatic rings. The van der Waals surface area contributed by atoms with Gasteiger partial charge in [-0.2, -0.15) is 0 Å². The molecule has 0 N–H and O–H groups in total. The zero-order valence-electron chi connectivity index (χ0n) is 13.0. The van der Waals surface area contributed by atoms with Crippen LogP contribution in [0.4, 0.5) is 0 Å². The SMILES string of the molecule is Cc1cc2ccccc2nc1-c1cccc(-c2ccccc2)c1. The van der Waals surface area contributed by atoms with Crippen LogP contribution < -0.4 is 0 Å². The molecule has 1 heterocycles. The van der Waals surface area contributed by atoms with Crippen molar-refractivity contribution in [2.45, 2.75) is 6.92 Å². The Kier molecular flexibility index (Phi) is 3.39. The van der Waals surface area contributed by atoms with E-state index < -0.39 is 0 Å². The Morgan fingerprint density at radius 1 is 0.609 bits per heavy atom. The Hall–Kier alpha value is -2.93. The number of benzene rings is 3. The van der Waals surface area contributed by atoms with Crippen molar-refractivity contribution < 1.29 is 0 Å². The third-order valence-electron chi connectivity index (χ3n) is 4.16. The van der Waals surface area contributed by atoms with Crippen LogP contribution in [0.15, 0.2) is 84.9 Å². The van der Waals surface area contributed by atoms with E-state index in [1.807, 2.05) is 12.1 Å². The Labute approximate surface area is 136 Å². The fourth-order valence-electron chi connectivity index (χ4n) is 2.99. The van der Waals surface area contributed by atoms with Crippen LogP contribution in [0.1, 0.15) is 5.56 Å². The molecule has 0 aliphatic heterocycles. The zero-order chi connectivity index (χ0) is 15.6. The second kappa shape index (κ2) is 5.69. The number of pyridine rings is 1. The lowest BCUT2D eigenvalue weighted by atomic mass is 9.99. The maximum atomic E-state index is 4.88. The molecule has 4 rings (SSSR count). The predicted octanol–water partition coefficient (Wildman–Crippen LogP) is 5.88. The summed E-state index contributed by atoms with van der Waals surface area (Å²) < 4.78 is 0. The first-order valence-electron chi connectivity index (χ1n) is 7.83. The monoisotopic (exact) mass is 295 g/mol. The lowest BCUT2D eigenvalue weighted by Gasteiger charge is -2.09. The van der Waals surface area contributed by atoms with Gasteiger partial charge in [0.25, 0.3) is 0 Å². The van der Waals surface area contributed by atoms with Crippen molar-refractivity contribution in [1.82, 2.24) is 4.98 Å². The number of rotatable bonds is 2. The predicted molar refractivity (Wildman–Crippen MR) is 97.4 cm³/mol. The standard InChI is InChI=1S/C22H17N/c1-16-14-19-10-5-6-13-21(19)23-22(16)20-12-7-11-18(15-20)17-8-3-2-4-9-17/h2-15H,1H3. The van der Waals surface area contributed by atoms with Gasteiger partial charge in [0.05, 0.1) is 11.2 Å². The first-order valence-corrected chi connectivity index (χ1v) is 7.83. The molecular weight excluding hydrogens is 278 g/mol. The average molecular weight is 295 g/mol. The summed E-state index contributed by atoms with van der Waals surface area (Å²) in [6.07, 6.45) is 0. The van der Waals surface area contributed by atoms with Crippen LogP contribution in [0, 0.1) is 6.92 Å². The number of aromatic nitrogens is 1. The third-order valence-corrected chi connectivity index (χ3v) is 4.16. The normalized spacial score (nSPS) is 10.8. The van der Waals surface area contributed by atoms with Crippen molar-refractivity contribution in [3.8, 4) is 22.4 Å². The molecule has 0 fully saturated rings. The summed E-state index contributed by atoms with van der Waals surface area (Å²) in [5.74, 6) is 0. The molecule has 1 nitrogen and oxygen atoms in total. The van der Waals surface area contributed by atoms with Crippen molar-refractivity contribution >= 4 is 10.9 Å². The van der Waals surface area contributed by atoms with Crippen LogP contribution in [-0.2, 0) is 0 Å². The van der Waals surface area contributed by atoms with E-state index in [1.54, 1.807) is 0 Å². The third kappa shape index (κ3) is 2.62. The summed E-state index contributed by atoms with van der Waals surface area (Å²) in [6, 6.07) is 29.6. The highest BCUT2D eigenvalue weighted by atomic mass is 14.7. The molecule has 0 unspecified atom stereocenters. The summed E-state index contributed by atoms with van der Waals surface area (Å²) in [7, 11) is 0. The van der Waals surface area contributed by atoms with Gasteiger partial charge in [-0.1, -0.05) is 66.7 Å². The maximum Gasteiger partial charge on any atom is 0.0739 e. The Bertz CT molecular complexity index is 971. The fraction of sp³-hybridized carbons (Fsp3) is 0.0455. The van der Waals surface area contributed by atoms with Gasteiger partial charge in [0.15, 0.2) is 0 Å². The molecule has 0 saturated heterocycles. The van der Waals surface area contributed by atoms with Gasteiger partial charge in [-0.3, -0.25) is 0 Å². The quantitative estimate of drug-likeness (QED) is 0.450. The molecule has 0 aliphatic rings. The van der Waals surface area contributed by atoms with E-state index in [-0.39, 0.29) is 0 Å². The first kappa shape index (κ1) is 13.7. The highest BCUT2D eigenvalue weighted by molar-refractivity contribution is 5.84. The molecule has 0 bridgehead atoms. The van der Waals surface area contributed by atoms with E-state index in [1.165, 1.54) is 22.1 Å². The van der Waals surface area contributed by atoms with E-state index in [0.717, 1.165) is 16.8 Å². The van der Waals surface area contributed by atoms with Gasteiger partial charge in [-0.05, 0) is 41.8 Å². The highest BCUT2D eigenvalue weighted by Gasteiger charge is 2.07. The number of fused-ring (bicyclic) bond motifs is 1. The number of nitrogens with zero attached hydrogens (tertiary/aromatic N) is 1. The van der Waals surface area contributed by atoms with Gasteiger partial charge >= 0.3 is 0 Å². The largest absolute Gasteiger partial charge is 0.248 e. The minimum Gasteiger partial charge on any atom is -0.248 e. The summed E-state index contributed by atoms with van der Waals surface area (Å²) in [4.78, 5) is 4.88. The van der Waals surface area contributed by atoms with Gasteiger partial charge in [-0.25, -0.2) is 4.98 Å². The number of hydrogen-bond acceptors (Lipinski definition) is 1. The smallest absolute Gasteiger partial charge is 0.0739 e. The van der Waals surface area contributed by atoms with E-state index >= 15 is 0 Å². The first-order chi connectivity index (χ1) is 11.3. The minimum absolute atomic E-state index is 1.04. The van der Waals surface area contributed by atoms with Crippen molar-refractivity contribution in [3.63, 3.8) is 0 Å². The summed E-state index contributed by atoms with van der Waals surface area (Å²) >= 11 is 0. The minimum atomic E-state index is 1.04. The lowest BCUT2D eigenvalue weighted by Crippen LogP contribution is -1.90. The van der Waals surface area contributed by atoms with E-state index in [9.17, 15) is 0 Å². The molecule has 1 heteroatoms. The van der Waals surface area contributed by atoms with Gasteiger partial charge in [0.2, 0.25) is 0 Å². The lowest BCUT2D eigenvalue weighted by molar-refractivity contribution is 1.33. The molecule has 0 amide bonds. The van der Waals surface area contributed by atoms with Crippen LogP contribution in [0.5, 0.6) is 0 Å². The summed E-state index contributed by atoms with van der Waals surface area (Å²) in [5.41, 5.74) is 6.91. The second-order valence-corrected chi connectivity index (χ2v) is 5.79.